The fourth-order valence-corrected chi connectivity index (χ4v) is 2.84. The lowest BCUT2D eigenvalue weighted by atomic mass is 10.1. The van der Waals surface area contributed by atoms with Crippen molar-refractivity contribution in [3.8, 4) is 11.3 Å². The van der Waals surface area contributed by atoms with E-state index in [1.54, 1.807) is 11.3 Å². The molecular formula is C12H17ClN4S. The lowest BCUT2D eigenvalue weighted by Gasteiger charge is -2.26. The number of thiophene rings is 1. The molecule has 2 N–H and O–H groups in total. The molecule has 0 aliphatic carbocycles. The summed E-state index contributed by atoms with van der Waals surface area (Å²) in [6.07, 6.45) is 1.95. The van der Waals surface area contributed by atoms with Gasteiger partial charge in [-0.1, -0.05) is 0 Å². The second-order valence-corrected chi connectivity index (χ2v) is 5.09. The van der Waals surface area contributed by atoms with Gasteiger partial charge in [-0.2, -0.15) is 16.4 Å². The van der Waals surface area contributed by atoms with Gasteiger partial charge in [-0.25, -0.2) is 0 Å². The Morgan fingerprint density at radius 1 is 1.33 bits per heavy atom. The highest BCUT2D eigenvalue weighted by Gasteiger charge is 2.14. The van der Waals surface area contributed by atoms with Crippen molar-refractivity contribution in [2.75, 3.05) is 26.2 Å². The van der Waals surface area contributed by atoms with Crippen LogP contribution in [-0.4, -0.2) is 41.3 Å². The van der Waals surface area contributed by atoms with Crippen LogP contribution >= 0.6 is 23.7 Å². The minimum Gasteiger partial charge on any atom is -0.314 e. The fourth-order valence-electron chi connectivity index (χ4n) is 2.20. The van der Waals surface area contributed by atoms with E-state index >= 15 is 0 Å². The number of hydrogen-bond acceptors (Lipinski definition) is 4. The molecule has 0 radical (unpaired) electrons. The molecule has 2 aromatic heterocycles. The van der Waals surface area contributed by atoms with Crippen LogP contribution in [0, 0.1) is 0 Å². The standard InChI is InChI=1S/C12H16N4S.ClH/c1-6-17-9-10(1)12-11(7-14-15-12)8-16-4-2-13-3-5-16;/h1,6-7,9,13H,2-5,8H2,(H,14,15);1H. The van der Waals surface area contributed by atoms with Gasteiger partial charge in [0.2, 0.25) is 0 Å². The van der Waals surface area contributed by atoms with Gasteiger partial charge in [-0.15, -0.1) is 12.4 Å². The average molecular weight is 285 g/mol. The number of nitrogens with zero attached hydrogens (tertiary/aromatic N) is 2. The molecule has 2 aromatic rings. The highest BCUT2D eigenvalue weighted by Crippen LogP contribution is 2.24. The first-order chi connectivity index (χ1) is 8.43. The van der Waals surface area contributed by atoms with Gasteiger partial charge >= 0.3 is 0 Å². The second kappa shape index (κ2) is 6.33. The molecular weight excluding hydrogens is 268 g/mol. The summed E-state index contributed by atoms with van der Waals surface area (Å²) in [4.78, 5) is 2.47. The topological polar surface area (TPSA) is 44.0 Å². The number of piperazine rings is 1. The summed E-state index contributed by atoms with van der Waals surface area (Å²) >= 11 is 1.72. The minimum atomic E-state index is 0. The summed E-state index contributed by atoms with van der Waals surface area (Å²) in [7, 11) is 0. The number of nitrogens with one attached hydrogen (secondary N) is 2. The highest BCUT2D eigenvalue weighted by molar-refractivity contribution is 7.08. The van der Waals surface area contributed by atoms with Crippen LogP contribution in [-0.2, 0) is 6.54 Å². The third-order valence-corrected chi connectivity index (χ3v) is 3.81. The summed E-state index contributed by atoms with van der Waals surface area (Å²) in [5.41, 5.74) is 3.72. The molecule has 3 rings (SSSR count). The van der Waals surface area contributed by atoms with Gasteiger partial charge in [0.25, 0.3) is 0 Å². The van der Waals surface area contributed by atoms with Crippen LogP contribution in [0.5, 0.6) is 0 Å². The van der Waals surface area contributed by atoms with E-state index in [1.807, 2.05) is 6.20 Å². The zero-order chi connectivity index (χ0) is 11.5. The molecule has 1 aliphatic heterocycles. The number of aromatic nitrogens is 2. The number of rotatable bonds is 3. The number of halogens is 1. The molecule has 6 heteroatoms. The molecule has 0 amide bonds. The highest BCUT2D eigenvalue weighted by atomic mass is 35.5. The Bertz CT molecular complexity index is 462. The summed E-state index contributed by atoms with van der Waals surface area (Å²) in [5, 5.41) is 14.9. The largest absolute Gasteiger partial charge is 0.314 e. The van der Waals surface area contributed by atoms with Crippen molar-refractivity contribution < 1.29 is 0 Å². The molecule has 0 unspecified atom stereocenters. The molecule has 3 heterocycles. The van der Waals surface area contributed by atoms with Crippen LogP contribution in [0.15, 0.2) is 23.0 Å². The van der Waals surface area contributed by atoms with Crippen molar-refractivity contribution >= 4 is 23.7 Å². The third kappa shape index (κ3) is 2.92. The Labute approximate surface area is 117 Å². The molecule has 0 atom stereocenters. The number of aromatic amines is 1. The summed E-state index contributed by atoms with van der Waals surface area (Å²) in [6.45, 7) is 5.41. The maximum absolute atomic E-state index is 4.18. The third-order valence-electron chi connectivity index (χ3n) is 3.13. The van der Waals surface area contributed by atoms with Crippen molar-refractivity contribution in [3.05, 3.63) is 28.6 Å². The monoisotopic (exact) mass is 284 g/mol. The van der Waals surface area contributed by atoms with Crippen molar-refractivity contribution in [1.82, 2.24) is 20.4 Å². The van der Waals surface area contributed by atoms with Crippen LogP contribution in [0.3, 0.4) is 0 Å². The molecule has 1 saturated heterocycles. The SMILES string of the molecule is Cl.c1cc(-c2[nH]ncc2CN2CCNCC2)cs1. The van der Waals surface area contributed by atoms with Crippen LogP contribution in [0.25, 0.3) is 11.3 Å². The normalized spacial score (nSPS) is 16.4. The molecule has 0 bridgehead atoms. The molecule has 18 heavy (non-hydrogen) atoms. The molecule has 0 saturated carbocycles. The van der Waals surface area contributed by atoms with Gasteiger partial charge in [0, 0.05) is 49.2 Å². The fraction of sp³-hybridized carbons (Fsp3) is 0.417. The van der Waals surface area contributed by atoms with Gasteiger partial charge in [-0.3, -0.25) is 10.00 Å². The minimum absolute atomic E-state index is 0. The van der Waals surface area contributed by atoms with Crippen LogP contribution in [0.2, 0.25) is 0 Å². The van der Waals surface area contributed by atoms with E-state index in [0.29, 0.717) is 0 Å². The van der Waals surface area contributed by atoms with E-state index in [1.165, 1.54) is 16.8 Å². The van der Waals surface area contributed by atoms with Gasteiger partial charge in [0.05, 0.1) is 11.9 Å². The summed E-state index contributed by atoms with van der Waals surface area (Å²) in [6, 6.07) is 2.14. The predicted octanol–water partition coefficient (Wildman–Crippen LogP) is 1.97. The van der Waals surface area contributed by atoms with Crippen molar-refractivity contribution in [2.24, 2.45) is 0 Å². The van der Waals surface area contributed by atoms with E-state index in [-0.39, 0.29) is 12.4 Å². The Kier molecular flexibility index (Phi) is 4.77. The maximum Gasteiger partial charge on any atom is 0.0703 e. The first-order valence-corrected chi connectivity index (χ1v) is 6.85. The first-order valence-electron chi connectivity index (χ1n) is 5.91. The van der Waals surface area contributed by atoms with Gasteiger partial charge < -0.3 is 5.32 Å². The smallest absolute Gasteiger partial charge is 0.0703 e. The molecule has 0 spiro atoms. The number of H-pyrrole nitrogens is 1. The van der Waals surface area contributed by atoms with E-state index in [2.05, 4.69) is 37.2 Å². The van der Waals surface area contributed by atoms with E-state index in [0.717, 1.165) is 32.7 Å². The van der Waals surface area contributed by atoms with E-state index in [4.69, 9.17) is 0 Å². The zero-order valence-corrected chi connectivity index (χ0v) is 11.7. The van der Waals surface area contributed by atoms with E-state index < -0.39 is 0 Å². The second-order valence-electron chi connectivity index (χ2n) is 4.31. The average Bonchev–Trinajstić information content (AvgIpc) is 3.00. The van der Waals surface area contributed by atoms with Crippen molar-refractivity contribution in [1.29, 1.82) is 0 Å². The van der Waals surface area contributed by atoms with Crippen molar-refractivity contribution in [3.63, 3.8) is 0 Å². The first kappa shape index (κ1) is 13.5. The molecule has 0 aromatic carbocycles. The van der Waals surface area contributed by atoms with Gasteiger partial charge in [0.1, 0.15) is 0 Å². The lowest BCUT2D eigenvalue weighted by Crippen LogP contribution is -2.42. The molecule has 98 valence electrons. The number of hydrogen-bond donors (Lipinski definition) is 2. The van der Waals surface area contributed by atoms with Crippen molar-refractivity contribution in [2.45, 2.75) is 6.54 Å². The Balaban J connectivity index is 0.00000120. The van der Waals surface area contributed by atoms with Crippen LogP contribution in [0.1, 0.15) is 5.56 Å². The quantitative estimate of drug-likeness (QED) is 0.906. The van der Waals surface area contributed by atoms with Crippen LogP contribution in [0.4, 0.5) is 0 Å². The molecule has 4 nitrogen and oxygen atoms in total. The Hall–Kier alpha value is -0.880. The van der Waals surface area contributed by atoms with Gasteiger partial charge in [0.15, 0.2) is 0 Å². The lowest BCUT2D eigenvalue weighted by molar-refractivity contribution is 0.233. The zero-order valence-electron chi connectivity index (χ0n) is 10.1. The predicted molar refractivity (Wildman–Crippen MR) is 77.3 cm³/mol. The summed E-state index contributed by atoms with van der Waals surface area (Å²) in [5.74, 6) is 0. The van der Waals surface area contributed by atoms with Crippen LogP contribution < -0.4 is 5.32 Å². The summed E-state index contributed by atoms with van der Waals surface area (Å²) < 4.78 is 0. The molecule has 1 aliphatic rings. The van der Waals surface area contributed by atoms with Gasteiger partial charge in [-0.05, 0) is 11.4 Å². The Morgan fingerprint density at radius 2 is 2.17 bits per heavy atom. The molecule has 1 fully saturated rings. The van der Waals surface area contributed by atoms with E-state index in [9.17, 15) is 0 Å². The Morgan fingerprint density at radius 3 is 2.89 bits per heavy atom. The maximum atomic E-state index is 4.18.